The molecule has 0 aromatic rings. The van der Waals surface area contributed by atoms with Gasteiger partial charge >= 0.3 is 0 Å². The molecule has 0 radical (unpaired) electrons. The number of aliphatic hydroxyl groups is 2. The summed E-state index contributed by atoms with van der Waals surface area (Å²) in [5, 5.41) is 17.7. The van der Waals surface area contributed by atoms with Gasteiger partial charge in [0.25, 0.3) is 0 Å². The molecule has 3 nitrogen and oxygen atoms in total. The van der Waals surface area contributed by atoms with Crippen molar-refractivity contribution in [3.8, 4) is 0 Å². The Morgan fingerprint density at radius 3 is 2.33 bits per heavy atom. The lowest BCUT2D eigenvalue weighted by Crippen LogP contribution is -2.28. The molecule has 1 aliphatic carbocycles. The van der Waals surface area contributed by atoms with E-state index in [0.717, 1.165) is 6.42 Å². The summed E-state index contributed by atoms with van der Waals surface area (Å²) in [5.41, 5.74) is 5.48. The van der Waals surface area contributed by atoms with E-state index in [9.17, 15) is 0 Å². The number of rotatable bonds is 1. The topological polar surface area (TPSA) is 66.5 Å². The Labute approximate surface area is 54.5 Å². The number of nitrogens with two attached hydrogens (primary N) is 1. The van der Waals surface area contributed by atoms with Crippen molar-refractivity contribution >= 4 is 0 Å². The Morgan fingerprint density at radius 1 is 1.44 bits per heavy atom. The number of aliphatic hydroxyl groups excluding tert-OH is 2. The molecule has 0 amide bonds. The normalized spacial score (nSPS) is 43.7. The Hall–Kier alpha value is -0.120. The van der Waals surface area contributed by atoms with Gasteiger partial charge in [-0.25, -0.2) is 0 Å². The first-order valence-corrected chi connectivity index (χ1v) is 3.28. The van der Waals surface area contributed by atoms with Gasteiger partial charge in [-0.05, 0) is 18.8 Å². The van der Waals surface area contributed by atoms with Gasteiger partial charge in [-0.1, -0.05) is 0 Å². The van der Waals surface area contributed by atoms with E-state index >= 15 is 0 Å². The van der Waals surface area contributed by atoms with Crippen molar-refractivity contribution in [3.63, 3.8) is 0 Å². The summed E-state index contributed by atoms with van der Waals surface area (Å²) in [6.45, 7) is 0.158. The van der Waals surface area contributed by atoms with Gasteiger partial charge in [-0.2, -0.15) is 0 Å². The molecule has 9 heavy (non-hydrogen) atoms. The second-order valence-electron chi connectivity index (χ2n) is 2.75. The Bertz CT molecular complexity index is 87.1. The van der Waals surface area contributed by atoms with Crippen molar-refractivity contribution in [2.75, 3.05) is 6.61 Å². The average molecular weight is 131 g/mol. The first-order chi connectivity index (χ1) is 4.24. The van der Waals surface area contributed by atoms with Gasteiger partial charge in [0.2, 0.25) is 0 Å². The van der Waals surface area contributed by atoms with Crippen LogP contribution in [0.25, 0.3) is 0 Å². The van der Waals surface area contributed by atoms with Gasteiger partial charge in [0.15, 0.2) is 0 Å². The second-order valence-corrected chi connectivity index (χ2v) is 2.75. The molecule has 0 spiro atoms. The third-order valence-electron chi connectivity index (χ3n) is 1.93. The van der Waals surface area contributed by atoms with Crippen LogP contribution >= 0.6 is 0 Å². The minimum absolute atomic E-state index is 0.109. The molecule has 4 N–H and O–H groups in total. The van der Waals surface area contributed by atoms with Crippen LogP contribution in [0.15, 0.2) is 0 Å². The van der Waals surface area contributed by atoms with Crippen LogP contribution in [0.2, 0.25) is 0 Å². The zero-order valence-corrected chi connectivity index (χ0v) is 5.33. The van der Waals surface area contributed by atoms with Gasteiger partial charge in [0, 0.05) is 12.6 Å². The summed E-state index contributed by atoms with van der Waals surface area (Å²) >= 11 is 0. The molecule has 1 aliphatic rings. The first kappa shape index (κ1) is 6.99. The lowest BCUT2D eigenvalue weighted by atomic mass is 10.1. The molecule has 0 aliphatic heterocycles. The van der Waals surface area contributed by atoms with Crippen LogP contribution in [0.4, 0.5) is 0 Å². The Balaban J connectivity index is 2.35. The van der Waals surface area contributed by atoms with E-state index < -0.39 is 0 Å². The average Bonchev–Trinajstić information content (AvgIpc) is 2.13. The molecule has 0 bridgehead atoms. The molecule has 1 saturated carbocycles. The molecule has 0 aromatic carbocycles. The zero-order valence-electron chi connectivity index (χ0n) is 5.33. The van der Waals surface area contributed by atoms with E-state index in [1.807, 2.05) is 0 Å². The summed E-state index contributed by atoms with van der Waals surface area (Å²) in [5.74, 6) is 0.231. The van der Waals surface area contributed by atoms with Crippen LogP contribution in [-0.4, -0.2) is 29.0 Å². The van der Waals surface area contributed by atoms with Crippen LogP contribution < -0.4 is 5.73 Å². The predicted octanol–water partition coefficient (Wildman–Crippen LogP) is -0.923. The van der Waals surface area contributed by atoms with Gasteiger partial charge in [0.1, 0.15) is 0 Å². The maximum Gasteiger partial charge on any atom is 0.0694 e. The highest BCUT2D eigenvalue weighted by molar-refractivity contribution is 4.85. The number of hydrogen-bond acceptors (Lipinski definition) is 3. The summed E-state index contributed by atoms with van der Waals surface area (Å²) in [4.78, 5) is 0. The third-order valence-corrected chi connectivity index (χ3v) is 1.93. The van der Waals surface area contributed by atoms with E-state index in [1.54, 1.807) is 0 Å². The molecule has 3 heteroatoms. The molecule has 0 aromatic heterocycles. The maximum absolute atomic E-state index is 9.06. The number of hydrogen-bond donors (Lipinski definition) is 3. The molecule has 1 rings (SSSR count). The van der Waals surface area contributed by atoms with Gasteiger partial charge < -0.3 is 15.9 Å². The van der Waals surface area contributed by atoms with Crippen LogP contribution in [0.3, 0.4) is 0 Å². The van der Waals surface area contributed by atoms with Crippen molar-refractivity contribution in [1.82, 2.24) is 0 Å². The smallest absolute Gasteiger partial charge is 0.0694 e. The molecular formula is C6H13NO2. The zero-order chi connectivity index (χ0) is 6.85. The quantitative estimate of drug-likeness (QED) is 0.431. The highest BCUT2D eigenvalue weighted by Crippen LogP contribution is 2.23. The Morgan fingerprint density at radius 2 is 2.11 bits per heavy atom. The van der Waals surface area contributed by atoms with E-state index in [1.165, 1.54) is 0 Å². The highest BCUT2D eigenvalue weighted by atomic mass is 16.3. The van der Waals surface area contributed by atoms with Gasteiger partial charge in [-0.3, -0.25) is 0 Å². The predicted molar refractivity (Wildman–Crippen MR) is 33.8 cm³/mol. The minimum atomic E-state index is -0.387. The van der Waals surface area contributed by atoms with Crippen LogP contribution in [0.1, 0.15) is 12.8 Å². The van der Waals surface area contributed by atoms with Crippen molar-refractivity contribution < 1.29 is 10.2 Å². The van der Waals surface area contributed by atoms with Crippen molar-refractivity contribution in [2.45, 2.75) is 25.0 Å². The molecule has 3 atom stereocenters. The fraction of sp³-hybridized carbons (Fsp3) is 1.00. The summed E-state index contributed by atoms with van der Waals surface area (Å²) in [7, 11) is 0. The molecule has 54 valence electrons. The first-order valence-electron chi connectivity index (χ1n) is 3.28. The Kier molecular flexibility index (Phi) is 2.05. The molecule has 3 unspecified atom stereocenters. The second kappa shape index (κ2) is 2.64. The monoisotopic (exact) mass is 131 g/mol. The fourth-order valence-corrected chi connectivity index (χ4v) is 1.30. The molecule has 1 fully saturated rings. The lowest BCUT2D eigenvalue weighted by Gasteiger charge is -2.04. The minimum Gasteiger partial charge on any atom is -0.396 e. The van der Waals surface area contributed by atoms with E-state index in [2.05, 4.69) is 0 Å². The van der Waals surface area contributed by atoms with Crippen molar-refractivity contribution in [2.24, 2.45) is 11.7 Å². The molecule has 0 saturated heterocycles. The van der Waals surface area contributed by atoms with E-state index in [4.69, 9.17) is 15.9 Å². The van der Waals surface area contributed by atoms with Gasteiger partial charge in [0.05, 0.1) is 6.10 Å². The summed E-state index contributed by atoms with van der Waals surface area (Å²) < 4.78 is 0. The highest BCUT2D eigenvalue weighted by Gasteiger charge is 2.29. The maximum atomic E-state index is 9.06. The SMILES string of the molecule is NC1CC(CO)CC1O. The van der Waals surface area contributed by atoms with Crippen LogP contribution in [0.5, 0.6) is 0 Å². The van der Waals surface area contributed by atoms with E-state index in [0.29, 0.717) is 6.42 Å². The molecule has 0 heterocycles. The van der Waals surface area contributed by atoms with E-state index in [-0.39, 0.29) is 24.7 Å². The van der Waals surface area contributed by atoms with Crippen LogP contribution in [0, 0.1) is 5.92 Å². The lowest BCUT2D eigenvalue weighted by molar-refractivity contribution is 0.153. The standard InChI is InChI=1S/C6H13NO2/c7-5-1-4(3-8)2-6(5)9/h4-6,8-9H,1-3,7H2. The summed E-state index contributed by atoms with van der Waals surface area (Å²) in [6, 6.07) is -0.109. The molecular weight excluding hydrogens is 118 g/mol. The fourth-order valence-electron chi connectivity index (χ4n) is 1.30. The third kappa shape index (κ3) is 1.41. The van der Waals surface area contributed by atoms with Crippen LogP contribution in [-0.2, 0) is 0 Å². The summed E-state index contributed by atoms with van der Waals surface area (Å²) in [6.07, 6.45) is 1.04. The van der Waals surface area contributed by atoms with Crippen molar-refractivity contribution in [1.29, 1.82) is 0 Å². The largest absolute Gasteiger partial charge is 0.396 e. The van der Waals surface area contributed by atoms with Crippen molar-refractivity contribution in [3.05, 3.63) is 0 Å². The van der Waals surface area contributed by atoms with Gasteiger partial charge in [-0.15, -0.1) is 0 Å².